The van der Waals surface area contributed by atoms with Crippen molar-refractivity contribution in [1.29, 1.82) is 0 Å². The average Bonchev–Trinajstić information content (AvgIpc) is 2.81. The summed E-state index contributed by atoms with van der Waals surface area (Å²) >= 11 is 1.43. The van der Waals surface area contributed by atoms with Crippen molar-refractivity contribution in [3.63, 3.8) is 0 Å². The van der Waals surface area contributed by atoms with E-state index in [9.17, 15) is 9.90 Å². The number of aliphatic hydroxyl groups excluding tert-OH is 1. The normalized spacial score (nSPS) is 12.7. The van der Waals surface area contributed by atoms with Gasteiger partial charge in [-0.1, -0.05) is 0 Å². The second kappa shape index (κ2) is 4.38. The molecule has 1 N–H and O–H groups in total. The number of rotatable bonds is 3. The lowest BCUT2D eigenvalue weighted by atomic mass is 10.1. The van der Waals surface area contributed by atoms with Gasteiger partial charge in [-0.15, -0.1) is 11.3 Å². The number of thiazole rings is 1. The molecule has 2 aromatic rings. The minimum Gasteiger partial charge on any atom is -0.388 e. The van der Waals surface area contributed by atoms with Crippen molar-refractivity contribution < 1.29 is 9.90 Å². The molecule has 0 aliphatic rings. The van der Waals surface area contributed by atoms with Crippen LogP contribution in [0.2, 0.25) is 0 Å². The first-order valence-corrected chi connectivity index (χ1v) is 5.99. The lowest BCUT2D eigenvalue weighted by Crippen LogP contribution is -1.93. The highest BCUT2D eigenvalue weighted by molar-refractivity contribution is 7.12. The van der Waals surface area contributed by atoms with Crippen LogP contribution in [0.4, 0.5) is 0 Å². The third-order valence-corrected chi connectivity index (χ3v) is 3.50. The minimum absolute atomic E-state index is 0.347. The first-order valence-electron chi connectivity index (χ1n) is 5.17. The first-order chi connectivity index (χ1) is 8.02. The molecule has 0 bridgehead atoms. The molecule has 2 aromatic heterocycles. The first kappa shape index (κ1) is 11.9. The highest BCUT2D eigenvalue weighted by Gasteiger charge is 2.19. The largest absolute Gasteiger partial charge is 0.388 e. The van der Waals surface area contributed by atoms with Gasteiger partial charge in [0, 0.05) is 13.2 Å². The Morgan fingerprint density at radius 3 is 2.88 bits per heavy atom. The fraction of sp³-hybridized carbons (Fsp3) is 0.364. The van der Waals surface area contributed by atoms with Gasteiger partial charge in [0.25, 0.3) is 0 Å². The van der Waals surface area contributed by atoms with Crippen LogP contribution < -0.4 is 0 Å². The maximum absolute atomic E-state index is 10.9. The van der Waals surface area contributed by atoms with E-state index in [4.69, 9.17) is 0 Å². The molecule has 0 saturated heterocycles. The number of nitrogens with zero attached hydrogens (tertiary/aromatic N) is 3. The summed E-state index contributed by atoms with van der Waals surface area (Å²) in [7, 11) is 1.75. The number of aryl methyl sites for hydroxylation is 2. The fourth-order valence-electron chi connectivity index (χ4n) is 1.69. The summed E-state index contributed by atoms with van der Waals surface area (Å²) in [4.78, 5) is 16.1. The molecule has 0 fully saturated rings. The zero-order valence-electron chi connectivity index (χ0n) is 9.84. The SMILES string of the molecule is Cc1nc(-c2cn(C)nc2C=O)c(C(C)O)s1. The molecule has 1 unspecified atom stereocenters. The van der Waals surface area contributed by atoms with Gasteiger partial charge in [0.1, 0.15) is 5.69 Å². The van der Waals surface area contributed by atoms with Gasteiger partial charge >= 0.3 is 0 Å². The number of hydrogen-bond acceptors (Lipinski definition) is 5. The third-order valence-electron chi connectivity index (χ3n) is 2.36. The van der Waals surface area contributed by atoms with Gasteiger partial charge in [-0.2, -0.15) is 5.10 Å². The van der Waals surface area contributed by atoms with Crippen LogP contribution >= 0.6 is 11.3 Å². The average molecular weight is 251 g/mol. The van der Waals surface area contributed by atoms with Crippen molar-refractivity contribution >= 4 is 17.6 Å². The smallest absolute Gasteiger partial charge is 0.171 e. The Kier molecular flexibility index (Phi) is 3.08. The number of aldehydes is 1. The molecule has 6 heteroatoms. The van der Waals surface area contributed by atoms with Crippen LogP contribution in [0.1, 0.15) is 33.4 Å². The molecule has 2 rings (SSSR count). The van der Waals surface area contributed by atoms with Crippen molar-refractivity contribution in [2.45, 2.75) is 20.0 Å². The van der Waals surface area contributed by atoms with E-state index in [1.807, 2.05) is 6.92 Å². The van der Waals surface area contributed by atoms with Gasteiger partial charge in [0.2, 0.25) is 0 Å². The molecule has 2 heterocycles. The van der Waals surface area contributed by atoms with Crippen LogP contribution in [0.15, 0.2) is 6.20 Å². The van der Waals surface area contributed by atoms with Crippen molar-refractivity contribution in [3.05, 3.63) is 21.8 Å². The molecule has 0 spiro atoms. The summed E-state index contributed by atoms with van der Waals surface area (Å²) in [6.07, 6.45) is 1.84. The molecular formula is C11H13N3O2S. The maximum Gasteiger partial charge on any atom is 0.171 e. The highest BCUT2D eigenvalue weighted by atomic mass is 32.1. The summed E-state index contributed by atoms with van der Waals surface area (Å²) in [6.45, 7) is 3.56. The van der Waals surface area contributed by atoms with Crippen molar-refractivity contribution in [2.75, 3.05) is 0 Å². The van der Waals surface area contributed by atoms with E-state index in [1.165, 1.54) is 11.3 Å². The number of aliphatic hydroxyl groups is 1. The molecule has 0 aromatic carbocycles. The molecule has 5 nitrogen and oxygen atoms in total. The molecule has 17 heavy (non-hydrogen) atoms. The lowest BCUT2D eigenvalue weighted by molar-refractivity contribution is 0.111. The Morgan fingerprint density at radius 1 is 1.59 bits per heavy atom. The van der Waals surface area contributed by atoms with Gasteiger partial charge in [0.05, 0.1) is 27.2 Å². The minimum atomic E-state index is -0.601. The maximum atomic E-state index is 10.9. The van der Waals surface area contributed by atoms with Crippen LogP contribution in [0.5, 0.6) is 0 Å². The van der Waals surface area contributed by atoms with Gasteiger partial charge in [-0.3, -0.25) is 9.48 Å². The Hall–Kier alpha value is -1.53. The summed E-state index contributed by atoms with van der Waals surface area (Å²) in [5, 5.41) is 14.6. The van der Waals surface area contributed by atoms with Crippen molar-refractivity contribution in [3.8, 4) is 11.3 Å². The van der Waals surface area contributed by atoms with Crippen LogP contribution in [-0.4, -0.2) is 26.2 Å². The van der Waals surface area contributed by atoms with Gasteiger partial charge in [-0.05, 0) is 13.8 Å². The second-order valence-corrected chi connectivity index (χ2v) is 5.08. The summed E-state index contributed by atoms with van der Waals surface area (Å²) in [5.74, 6) is 0. The van der Waals surface area contributed by atoms with E-state index in [2.05, 4.69) is 10.1 Å². The van der Waals surface area contributed by atoms with Crippen LogP contribution in [0.3, 0.4) is 0 Å². The molecular weight excluding hydrogens is 238 g/mol. The molecule has 0 aliphatic heterocycles. The second-order valence-electron chi connectivity index (χ2n) is 3.84. The number of carbonyl (C=O) groups excluding carboxylic acids is 1. The quantitative estimate of drug-likeness (QED) is 0.843. The standard InChI is InChI=1S/C11H13N3O2S/c1-6(16)11-10(12-7(2)17-11)8-4-14(3)13-9(8)5-15/h4-6,16H,1-3H3. The molecule has 0 amide bonds. The van der Waals surface area contributed by atoms with E-state index >= 15 is 0 Å². The highest BCUT2D eigenvalue weighted by Crippen LogP contribution is 2.33. The molecule has 1 atom stereocenters. The van der Waals surface area contributed by atoms with Gasteiger partial charge in [-0.25, -0.2) is 4.98 Å². The van der Waals surface area contributed by atoms with Gasteiger partial charge in [0.15, 0.2) is 6.29 Å². The van der Waals surface area contributed by atoms with Gasteiger partial charge < -0.3 is 5.11 Å². The van der Waals surface area contributed by atoms with E-state index in [0.29, 0.717) is 23.2 Å². The van der Waals surface area contributed by atoms with Crippen LogP contribution in [0, 0.1) is 6.92 Å². The zero-order chi connectivity index (χ0) is 12.6. The van der Waals surface area contributed by atoms with Crippen molar-refractivity contribution in [1.82, 2.24) is 14.8 Å². The molecule has 0 radical (unpaired) electrons. The predicted octanol–water partition coefficient (Wildman–Crippen LogP) is 1.72. The predicted molar refractivity (Wildman–Crippen MR) is 65.1 cm³/mol. The Balaban J connectivity index is 2.62. The number of carbonyl (C=O) groups is 1. The Bertz CT molecular complexity index is 557. The number of hydrogen-bond donors (Lipinski definition) is 1. The Labute approximate surface area is 103 Å². The topological polar surface area (TPSA) is 68.0 Å². The van der Waals surface area contributed by atoms with E-state index in [1.54, 1.807) is 24.9 Å². The van der Waals surface area contributed by atoms with E-state index in [0.717, 1.165) is 9.88 Å². The monoisotopic (exact) mass is 251 g/mol. The molecule has 0 aliphatic carbocycles. The van der Waals surface area contributed by atoms with Crippen molar-refractivity contribution in [2.24, 2.45) is 7.05 Å². The Morgan fingerprint density at radius 2 is 2.29 bits per heavy atom. The van der Waals surface area contributed by atoms with Crippen LogP contribution in [-0.2, 0) is 7.05 Å². The molecule has 0 saturated carbocycles. The summed E-state index contributed by atoms with van der Waals surface area (Å²) in [6, 6.07) is 0. The number of aromatic nitrogens is 3. The van der Waals surface area contributed by atoms with E-state index < -0.39 is 6.10 Å². The summed E-state index contributed by atoms with van der Waals surface area (Å²) in [5.41, 5.74) is 1.67. The summed E-state index contributed by atoms with van der Waals surface area (Å²) < 4.78 is 1.57. The third kappa shape index (κ3) is 2.13. The zero-order valence-corrected chi connectivity index (χ0v) is 10.7. The van der Waals surface area contributed by atoms with Crippen LogP contribution in [0.25, 0.3) is 11.3 Å². The lowest BCUT2D eigenvalue weighted by Gasteiger charge is -2.02. The molecule has 90 valence electrons. The fourth-order valence-corrected chi connectivity index (χ4v) is 2.57. The van der Waals surface area contributed by atoms with E-state index in [-0.39, 0.29) is 0 Å².